The Kier molecular flexibility index (Phi) is 5.37. The molecule has 0 spiro atoms. The molecule has 2 fully saturated rings. The van der Waals surface area contributed by atoms with Gasteiger partial charge in [-0.15, -0.1) is 0 Å². The van der Waals surface area contributed by atoms with Crippen LogP contribution in [0.4, 0.5) is 0 Å². The van der Waals surface area contributed by atoms with Crippen molar-refractivity contribution in [3.63, 3.8) is 0 Å². The van der Waals surface area contributed by atoms with Crippen molar-refractivity contribution in [2.24, 2.45) is 11.8 Å². The number of hydrogen-bond acceptors (Lipinski definition) is 4. The lowest BCUT2D eigenvalue weighted by Crippen LogP contribution is -2.49. The van der Waals surface area contributed by atoms with Gasteiger partial charge >= 0.3 is 5.97 Å². The van der Waals surface area contributed by atoms with Crippen LogP contribution in [0.2, 0.25) is 0 Å². The molecule has 0 aliphatic carbocycles. The van der Waals surface area contributed by atoms with Gasteiger partial charge in [0, 0.05) is 19.1 Å². The highest BCUT2D eigenvalue weighted by Crippen LogP contribution is 2.22. The molecule has 2 aliphatic rings. The van der Waals surface area contributed by atoms with Crippen LogP contribution in [0.15, 0.2) is 0 Å². The summed E-state index contributed by atoms with van der Waals surface area (Å²) in [6.45, 7) is 4.96. The highest BCUT2D eigenvalue weighted by molar-refractivity contribution is 5.81. The number of piperidine rings is 1. The zero-order valence-corrected chi connectivity index (χ0v) is 12.0. The second-order valence-electron chi connectivity index (χ2n) is 5.67. The average Bonchev–Trinajstić information content (AvgIpc) is 2.92. The summed E-state index contributed by atoms with van der Waals surface area (Å²) < 4.78 is 5.43. The monoisotopic (exact) mass is 284 g/mol. The summed E-state index contributed by atoms with van der Waals surface area (Å²) in [7, 11) is 0. The summed E-state index contributed by atoms with van der Waals surface area (Å²) in [5.74, 6) is -1.35. The lowest BCUT2D eigenvalue weighted by Gasteiger charge is -2.33. The Labute approximate surface area is 119 Å². The van der Waals surface area contributed by atoms with E-state index in [9.17, 15) is 9.59 Å². The van der Waals surface area contributed by atoms with Gasteiger partial charge in [0.2, 0.25) is 5.91 Å². The molecule has 0 saturated carbocycles. The van der Waals surface area contributed by atoms with Gasteiger partial charge in [0.05, 0.1) is 25.0 Å². The number of hydrogen-bond donors (Lipinski definition) is 2. The van der Waals surface area contributed by atoms with Crippen LogP contribution < -0.4 is 5.32 Å². The van der Waals surface area contributed by atoms with Crippen molar-refractivity contribution in [2.75, 3.05) is 32.8 Å². The quantitative estimate of drug-likeness (QED) is 0.760. The lowest BCUT2D eigenvalue weighted by molar-refractivity contribution is -0.146. The number of aliphatic carboxylic acids is 1. The van der Waals surface area contributed by atoms with Crippen molar-refractivity contribution in [1.29, 1.82) is 0 Å². The van der Waals surface area contributed by atoms with Gasteiger partial charge in [-0.05, 0) is 25.8 Å². The predicted octanol–water partition coefficient (Wildman–Crippen LogP) is 0.324. The molecule has 6 nitrogen and oxygen atoms in total. The highest BCUT2D eigenvalue weighted by atomic mass is 16.5. The van der Waals surface area contributed by atoms with E-state index in [1.165, 1.54) is 0 Å². The normalized spacial score (nSPS) is 30.4. The molecule has 0 bridgehead atoms. The van der Waals surface area contributed by atoms with Gasteiger partial charge in [-0.25, -0.2) is 0 Å². The van der Waals surface area contributed by atoms with Crippen molar-refractivity contribution in [1.82, 2.24) is 10.2 Å². The Bertz CT molecular complexity index is 361. The maximum atomic E-state index is 12.6. The maximum Gasteiger partial charge on any atom is 0.308 e. The molecule has 2 rings (SSSR count). The lowest BCUT2D eigenvalue weighted by atomic mass is 9.95. The number of rotatable bonds is 5. The number of ether oxygens (including phenoxy) is 1. The van der Waals surface area contributed by atoms with Crippen molar-refractivity contribution < 1.29 is 19.4 Å². The van der Waals surface area contributed by atoms with Gasteiger partial charge in [-0.2, -0.15) is 0 Å². The Hall–Kier alpha value is -1.14. The Balaban J connectivity index is 1.93. The number of carboxylic acid groups (broad SMARTS) is 1. The van der Waals surface area contributed by atoms with E-state index in [0.717, 1.165) is 19.4 Å². The fourth-order valence-electron chi connectivity index (χ4n) is 2.94. The summed E-state index contributed by atoms with van der Waals surface area (Å²) in [4.78, 5) is 25.3. The number of carbonyl (C=O) groups is 2. The molecule has 0 aromatic carbocycles. The number of nitrogens with one attached hydrogen (secondary N) is 1. The zero-order chi connectivity index (χ0) is 14.5. The largest absolute Gasteiger partial charge is 0.481 e. The minimum absolute atomic E-state index is 0.0436. The summed E-state index contributed by atoms with van der Waals surface area (Å²) >= 11 is 0. The first-order chi connectivity index (χ1) is 9.63. The van der Waals surface area contributed by atoms with Crippen LogP contribution >= 0.6 is 0 Å². The van der Waals surface area contributed by atoms with E-state index in [-0.39, 0.29) is 17.9 Å². The molecule has 2 N–H and O–H groups in total. The molecule has 3 atom stereocenters. The fourth-order valence-corrected chi connectivity index (χ4v) is 2.94. The molecule has 1 amide bonds. The summed E-state index contributed by atoms with van der Waals surface area (Å²) in [6.07, 6.45) is 2.45. The van der Waals surface area contributed by atoms with Crippen molar-refractivity contribution in [3.05, 3.63) is 0 Å². The van der Waals surface area contributed by atoms with Gasteiger partial charge in [0.15, 0.2) is 0 Å². The second-order valence-corrected chi connectivity index (χ2v) is 5.67. The van der Waals surface area contributed by atoms with Crippen LogP contribution in [0.3, 0.4) is 0 Å². The molecule has 2 unspecified atom stereocenters. The molecule has 6 heteroatoms. The zero-order valence-electron chi connectivity index (χ0n) is 12.0. The number of carbonyl (C=O) groups excluding carboxylic acids is 1. The molecule has 2 saturated heterocycles. The summed E-state index contributed by atoms with van der Waals surface area (Å²) in [5.41, 5.74) is 0. The predicted molar refractivity (Wildman–Crippen MR) is 73.3 cm³/mol. The van der Waals surface area contributed by atoms with Gasteiger partial charge in [0.1, 0.15) is 0 Å². The first-order valence-electron chi connectivity index (χ1n) is 7.46. The standard InChI is InChI=1S/C14H24N2O4/c1-2-5-15-12-9-20-8-11(12)13(17)16-6-3-4-10(7-16)14(18)19/h10-12,15H,2-9H2,1H3,(H,18,19)/t10-,11?,12?/m0/s1. The van der Waals surface area contributed by atoms with Crippen LogP contribution in [-0.2, 0) is 14.3 Å². The smallest absolute Gasteiger partial charge is 0.308 e. The third kappa shape index (κ3) is 3.49. The maximum absolute atomic E-state index is 12.6. The first-order valence-corrected chi connectivity index (χ1v) is 7.46. The number of likely N-dealkylation sites (tertiary alicyclic amines) is 1. The average molecular weight is 284 g/mol. The van der Waals surface area contributed by atoms with Crippen LogP contribution in [0.25, 0.3) is 0 Å². The molecule has 2 aliphatic heterocycles. The second kappa shape index (κ2) is 7.04. The van der Waals surface area contributed by atoms with E-state index in [0.29, 0.717) is 32.7 Å². The number of amides is 1. The van der Waals surface area contributed by atoms with Crippen LogP contribution in [0.1, 0.15) is 26.2 Å². The minimum Gasteiger partial charge on any atom is -0.481 e. The van der Waals surface area contributed by atoms with Gasteiger partial charge in [0.25, 0.3) is 0 Å². The Morgan fingerprint density at radius 1 is 1.40 bits per heavy atom. The Morgan fingerprint density at radius 3 is 2.90 bits per heavy atom. The molecule has 0 aromatic heterocycles. The van der Waals surface area contributed by atoms with E-state index < -0.39 is 11.9 Å². The van der Waals surface area contributed by atoms with E-state index in [1.807, 2.05) is 0 Å². The minimum atomic E-state index is -0.800. The highest BCUT2D eigenvalue weighted by Gasteiger charge is 2.38. The van der Waals surface area contributed by atoms with Crippen LogP contribution in [0, 0.1) is 11.8 Å². The summed E-state index contributed by atoms with van der Waals surface area (Å²) in [6, 6.07) is 0.0626. The van der Waals surface area contributed by atoms with E-state index in [1.54, 1.807) is 4.90 Å². The third-order valence-corrected chi connectivity index (χ3v) is 4.14. The molecular formula is C14H24N2O4. The van der Waals surface area contributed by atoms with E-state index in [4.69, 9.17) is 9.84 Å². The van der Waals surface area contributed by atoms with E-state index >= 15 is 0 Å². The van der Waals surface area contributed by atoms with Crippen molar-refractivity contribution in [2.45, 2.75) is 32.2 Å². The first kappa shape index (κ1) is 15.3. The molecular weight excluding hydrogens is 260 g/mol. The summed E-state index contributed by atoms with van der Waals surface area (Å²) in [5, 5.41) is 12.4. The molecule has 2 heterocycles. The third-order valence-electron chi connectivity index (χ3n) is 4.14. The molecule has 0 aromatic rings. The van der Waals surface area contributed by atoms with Crippen LogP contribution in [-0.4, -0.2) is 60.8 Å². The molecule has 20 heavy (non-hydrogen) atoms. The van der Waals surface area contributed by atoms with Crippen LogP contribution in [0.5, 0.6) is 0 Å². The fraction of sp³-hybridized carbons (Fsp3) is 0.857. The Morgan fingerprint density at radius 2 is 2.20 bits per heavy atom. The number of nitrogens with zero attached hydrogens (tertiary/aromatic N) is 1. The van der Waals surface area contributed by atoms with Gasteiger partial charge < -0.3 is 20.1 Å². The topological polar surface area (TPSA) is 78.9 Å². The SMILES string of the molecule is CCCNC1COCC1C(=O)N1CCC[C@H](C(=O)O)C1. The van der Waals surface area contributed by atoms with Gasteiger partial charge in [-0.1, -0.05) is 6.92 Å². The molecule has 114 valence electrons. The van der Waals surface area contributed by atoms with Crippen molar-refractivity contribution >= 4 is 11.9 Å². The number of carboxylic acids is 1. The van der Waals surface area contributed by atoms with Crippen molar-refractivity contribution in [3.8, 4) is 0 Å². The molecule has 0 radical (unpaired) electrons. The van der Waals surface area contributed by atoms with E-state index in [2.05, 4.69) is 12.2 Å². The van der Waals surface area contributed by atoms with Gasteiger partial charge in [-0.3, -0.25) is 9.59 Å².